The number of hydrogen-bond donors (Lipinski definition) is 2. The van der Waals surface area contributed by atoms with Gasteiger partial charge in [0, 0.05) is 11.6 Å². The average Bonchev–Trinajstić information content (AvgIpc) is 2.75. The molecule has 150 valence electrons. The summed E-state index contributed by atoms with van der Waals surface area (Å²) in [6, 6.07) is 14.0. The van der Waals surface area contributed by atoms with E-state index >= 15 is 0 Å². The second-order valence-corrected chi connectivity index (χ2v) is 7.47. The zero-order valence-electron chi connectivity index (χ0n) is 15.3. The third-order valence-electron chi connectivity index (χ3n) is 3.86. The summed E-state index contributed by atoms with van der Waals surface area (Å²) in [6.07, 6.45) is 1.61. The molecule has 0 spiro atoms. The van der Waals surface area contributed by atoms with Gasteiger partial charge in [-0.05, 0) is 36.4 Å². The highest BCUT2D eigenvalue weighted by Gasteiger charge is 2.16. The standard InChI is InChI=1S/C19H17N3O6S/c1-27-19(24)14-7-9-15(10-8-14)29(25,26)22-21-17(23)12-28-16-6-2-4-13-5-3-11-20-18(13)16/h2-11,22H,12H2,1H3,(H,21,23). The van der Waals surface area contributed by atoms with Gasteiger partial charge in [-0.15, -0.1) is 4.83 Å². The molecule has 1 amide bonds. The minimum absolute atomic E-state index is 0.135. The first-order valence-corrected chi connectivity index (χ1v) is 9.84. The van der Waals surface area contributed by atoms with Crippen LogP contribution in [0, 0.1) is 0 Å². The van der Waals surface area contributed by atoms with Crippen molar-refractivity contribution in [1.82, 2.24) is 15.2 Å². The van der Waals surface area contributed by atoms with E-state index < -0.39 is 28.5 Å². The van der Waals surface area contributed by atoms with Crippen LogP contribution in [-0.4, -0.2) is 39.0 Å². The smallest absolute Gasteiger partial charge is 0.337 e. The van der Waals surface area contributed by atoms with E-state index in [1.54, 1.807) is 24.4 Å². The van der Waals surface area contributed by atoms with E-state index in [1.807, 2.05) is 17.0 Å². The van der Waals surface area contributed by atoms with E-state index in [4.69, 9.17) is 4.74 Å². The highest BCUT2D eigenvalue weighted by atomic mass is 32.2. The predicted octanol–water partition coefficient (Wildman–Crippen LogP) is 1.41. The Bertz CT molecular complexity index is 1140. The maximum Gasteiger partial charge on any atom is 0.337 e. The summed E-state index contributed by atoms with van der Waals surface area (Å²) >= 11 is 0. The van der Waals surface area contributed by atoms with Crippen LogP contribution in [0.2, 0.25) is 0 Å². The molecule has 0 saturated carbocycles. The molecule has 1 aromatic heterocycles. The quantitative estimate of drug-likeness (QED) is 0.442. The summed E-state index contributed by atoms with van der Waals surface area (Å²) in [7, 11) is -2.80. The normalized spacial score (nSPS) is 11.1. The molecule has 3 aromatic rings. The number of ether oxygens (including phenoxy) is 2. The minimum Gasteiger partial charge on any atom is -0.481 e. The minimum atomic E-state index is -4.02. The molecule has 0 fully saturated rings. The number of sulfonamides is 1. The van der Waals surface area contributed by atoms with Gasteiger partial charge in [0.15, 0.2) is 6.61 Å². The molecule has 0 aliphatic rings. The number of fused-ring (bicyclic) bond motifs is 1. The molecule has 0 aliphatic carbocycles. The number of methoxy groups -OCH3 is 1. The van der Waals surface area contributed by atoms with Gasteiger partial charge in [0.1, 0.15) is 11.3 Å². The van der Waals surface area contributed by atoms with Crippen molar-refractivity contribution in [2.45, 2.75) is 4.90 Å². The van der Waals surface area contributed by atoms with Gasteiger partial charge >= 0.3 is 5.97 Å². The molecule has 29 heavy (non-hydrogen) atoms. The number of aromatic nitrogens is 1. The molecule has 3 rings (SSSR count). The van der Waals surface area contributed by atoms with Crippen molar-refractivity contribution in [3.05, 3.63) is 66.4 Å². The van der Waals surface area contributed by atoms with Crippen molar-refractivity contribution < 1.29 is 27.5 Å². The Kier molecular flexibility index (Phi) is 6.05. The third kappa shape index (κ3) is 4.86. The molecule has 0 aliphatic heterocycles. The van der Waals surface area contributed by atoms with Gasteiger partial charge in [-0.1, -0.05) is 18.2 Å². The molecule has 10 heteroatoms. The third-order valence-corrected chi connectivity index (χ3v) is 5.13. The zero-order valence-corrected chi connectivity index (χ0v) is 16.1. The lowest BCUT2D eigenvalue weighted by Crippen LogP contribution is -2.43. The van der Waals surface area contributed by atoms with Crippen LogP contribution >= 0.6 is 0 Å². The number of carbonyl (C=O) groups excluding carboxylic acids is 2. The fraction of sp³-hybridized carbons (Fsp3) is 0.105. The fourth-order valence-electron chi connectivity index (χ4n) is 2.44. The van der Waals surface area contributed by atoms with Crippen LogP contribution in [0.3, 0.4) is 0 Å². The van der Waals surface area contributed by atoms with Gasteiger partial charge in [-0.3, -0.25) is 15.2 Å². The number of benzene rings is 2. The van der Waals surface area contributed by atoms with E-state index in [0.29, 0.717) is 11.3 Å². The predicted molar refractivity (Wildman–Crippen MR) is 103 cm³/mol. The number of para-hydroxylation sites is 1. The SMILES string of the molecule is COC(=O)c1ccc(S(=O)(=O)NNC(=O)COc2cccc3cccnc23)cc1. The molecular weight excluding hydrogens is 398 g/mol. The molecule has 2 N–H and O–H groups in total. The number of rotatable bonds is 7. The van der Waals surface area contributed by atoms with Gasteiger partial charge < -0.3 is 9.47 Å². The van der Waals surface area contributed by atoms with E-state index in [2.05, 4.69) is 15.1 Å². The van der Waals surface area contributed by atoms with Gasteiger partial charge in [-0.25, -0.2) is 13.2 Å². The van der Waals surface area contributed by atoms with Crippen molar-refractivity contribution in [3.8, 4) is 5.75 Å². The summed E-state index contributed by atoms with van der Waals surface area (Å²) in [6.45, 7) is -0.417. The molecule has 0 saturated heterocycles. The maximum atomic E-state index is 12.2. The van der Waals surface area contributed by atoms with Gasteiger partial charge in [0.25, 0.3) is 15.9 Å². The number of carbonyl (C=O) groups is 2. The van der Waals surface area contributed by atoms with Crippen molar-refractivity contribution in [3.63, 3.8) is 0 Å². The molecular formula is C19H17N3O6S. The molecule has 0 unspecified atom stereocenters. The maximum absolute atomic E-state index is 12.2. The topological polar surface area (TPSA) is 124 Å². The van der Waals surface area contributed by atoms with Gasteiger partial charge in [0.05, 0.1) is 17.6 Å². The number of pyridine rings is 1. The highest BCUT2D eigenvalue weighted by Crippen LogP contribution is 2.22. The van der Waals surface area contributed by atoms with E-state index in [9.17, 15) is 18.0 Å². The lowest BCUT2D eigenvalue weighted by Gasteiger charge is -2.11. The van der Waals surface area contributed by atoms with Crippen LogP contribution in [0.4, 0.5) is 0 Å². The largest absolute Gasteiger partial charge is 0.481 e. The molecule has 0 atom stereocenters. The van der Waals surface area contributed by atoms with Gasteiger partial charge in [-0.2, -0.15) is 0 Å². The first-order valence-electron chi connectivity index (χ1n) is 8.36. The number of nitrogens with one attached hydrogen (secondary N) is 2. The Morgan fingerprint density at radius 2 is 1.76 bits per heavy atom. The fourth-order valence-corrected chi connectivity index (χ4v) is 3.30. The number of hydrogen-bond acceptors (Lipinski definition) is 7. The zero-order chi connectivity index (χ0) is 20.9. The molecule has 0 radical (unpaired) electrons. The first-order chi connectivity index (χ1) is 13.9. The average molecular weight is 415 g/mol. The van der Waals surface area contributed by atoms with E-state index in [-0.39, 0.29) is 10.5 Å². The summed E-state index contributed by atoms with van der Waals surface area (Å²) in [5.41, 5.74) is 2.87. The second kappa shape index (κ2) is 8.67. The van der Waals surface area contributed by atoms with Crippen LogP contribution in [0.5, 0.6) is 5.75 Å². The van der Waals surface area contributed by atoms with E-state index in [1.165, 1.54) is 31.4 Å². The van der Waals surface area contributed by atoms with E-state index in [0.717, 1.165) is 5.39 Å². The van der Waals surface area contributed by atoms with Crippen LogP contribution in [0.25, 0.3) is 10.9 Å². The van der Waals surface area contributed by atoms with Crippen molar-refractivity contribution in [2.75, 3.05) is 13.7 Å². The highest BCUT2D eigenvalue weighted by molar-refractivity contribution is 7.89. The summed E-state index contributed by atoms with van der Waals surface area (Å²) in [5, 5.41) is 0.849. The summed E-state index contributed by atoms with van der Waals surface area (Å²) in [5.74, 6) is -0.887. The van der Waals surface area contributed by atoms with Crippen LogP contribution in [0.15, 0.2) is 65.7 Å². The number of amides is 1. The summed E-state index contributed by atoms with van der Waals surface area (Å²) in [4.78, 5) is 29.4. The molecule has 1 heterocycles. The Labute approximate surface area is 166 Å². The number of hydrazine groups is 1. The summed E-state index contributed by atoms with van der Waals surface area (Å²) < 4.78 is 34.5. The Morgan fingerprint density at radius 3 is 2.48 bits per heavy atom. The molecule has 0 bridgehead atoms. The van der Waals surface area contributed by atoms with Crippen LogP contribution < -0.4 is 15.0 Å². The second-order valence-electron chi connectivity index (χ2n) is 5.79. The lowest BCUT2D eigenvalue weighted by atomic mass is 10.2. The number of esters is 1. The van der Waals surface area contributed by atoms with Crippen molar-refractivity contribution in [2.24, 2.45) is 0 Å². The number of nitrogens with zero attached hydrogens (tertiary/aromatic N) is 1. The Balaban J connectivity index is 1.59. The Hall–Kier alpha value is -3.50. The van der Waals surface area contributed by atoms with Gasteiger partial charge in [0.2, 0.25) is 0 Å². The molecule has 9 nitrogen and oxygen atoms in total. The molecule has 2 aromatic carbocycles. The van der Waals surface area contributed by atoms with Crippen molar-refractivity contribution in [1.29, 1.82) is 0 Å². The monoisotopic (exact) mass is 415 g/mol. The Morgan fingerprint density at radius 1 is 1.03 bits per heavy atom. The van der Waals surface area contributed by atoms with Crippen LogP contribution in [-0.2, 0) is 19.6 Å². The lowest BCUT2D eigenvalue weighted by molar-refractivity contribution is -0.123. The van der Waals surface area contributed by atoms with Crippen LogP contribution in [0.1, 0.15) is 10.4 Å². The van der Waals surface area contributed by atoms with Crippen molar-refractivity contribution >= 4 is 32.8 Å². The first kappa shape index (κ1) is 20.2.